The number of ketones is 1. The van der Waals surface area contributed by atoms with E-state index in [0.717, 1.165) is 6.42 Å². The number of hydrogen-bond acceptors (Lipinski definition) is 2. The molecule has 1 aliphatic carbocycles. The minimum absolute atomic E-state index is 0.00796. The maximum Gasteiger partial charge on any atom is 0.165 e. The van der Waals surface area contributed by atoms with Gasteiger partial charge in [0.2, 0.25) is 0 Å². The SMILES string of the molecule is CC1C(=O)COC2CC=c3ccccc3=C21. The number of rotatable bonds is 0. The number of carbonyl (C=O) groups is 1. The highest BCUT2D eigenvalue weighted by Crippen LogP contribution is 2.27. The van der Waals surface area contributed by atoms with Gasteiger partial charge in [-0.2, -0.15) is 0 Å². The summed E-state index contributed by atoms with van der Waals surface area (Å²) in [5.74, 6) is 0.205. The molecule has 2 atom stereocenters. The second-order valence-corrected chi connectivity index (χ2v) is 4.47. The van der Waals surface area contributed by atoms with Crippen molar-refractivity contribution >= 4 is 17.4 Å². The van der Waals surface area contributed by atoms with Crippen LogP contribution in [0, 0.1) is 5.92 Å². The number of benzene rings is 1. The van der Waals surface area contributed by atoms with Crippen molar-refractivity contribution in [1.82, 2.24) is 0 Å². The van der Waals surface area contributed by atoms with Crippen molar-refractivity contribution in [2.24, 2.45) is 5.92 Å². The highest BCUT2D eigenvalue weighted by atomic mass is 16.5. The summed E-state index contributed by atoms with van der Waals surface area (Å²) in [6, 6.07) is 8.25. The summed E-state index contributed by atoms with van der Waals surface area (Å²) < 4.78 is 5.60. The Morgan fingerprint density at radius 3 is 3.00 bits per heavy atom. The minimum atomic E-state index is 0.00796. The van der Waals surface area contributed by atoms with Crippen LogP contribution in [0.3, 0.4) is 0 Å². The van der Waals surface area contributed by atoms with Gasteiger partial charge < -0.3 is 4.74 Å². The van der Waals surface area contributed by atoms with Crippen LogP contribution in [-0.2, 0) is 9.53 Å². The third-order valence-corrected chi connectivity index (χ3v) is 3.55. The Labute approximate surface area is 94.2 Å². The lowest BCUT2D eigenvalue weighted by Crippen LogP contribution is -2.44. The average Bonchev–Trinajstić information content (AvgIpc) is 2.33. The monoisotopic (exact) mass is 214 g/mol. The Bertz CT molecular complexity index is 556. The largest absolute Gasteiger partial charge is 0.366 e. The van der Waals surface area contributed by atoms with Gasteiger partial charge in [0.05, 0.1) is 6.10 Å². The molecular formula is C14H14O2. The predicted octanol–water partition coefficient (Wildman–Crippen LogP) is 0.625. The Morgan fingerprint density at radius 1 is 1.31 bits per heavy atom. The van der Waals surface area contributed by atoms with Crippen molar-refractivity contribution in [2.75, 3.05) is 6.61 Å². The van der Waals surface area contributed by atoms with Crippen molar-refractivity contribution in [2.45, 2.75) is 19.4 Å². The first kappa shape index (κ1) is 9.79. The van der Waals surface area contributed by atoms with Gasteiger partial charge in [-0.05, 0) is 22.4 Å². The van der Waals surface area contributed by atoms with Crippen LogP contribution in [0.1, 0.15) is 13.3 Å². The van der Waals surface area contributed by atoms with Crippen LogP contribution < -0.4 is 10.4 Å². The van der Waals surface area contributed by atoms with Gasteiger partial charge in [0.15, 0.2) is 5.78 Å². The number of Topliss-reactive ketones (excluding diaryl/α,β-unsaturated/α-hetero) is 1. The molecule has 0 spiro atoms. The zero-order chi connectivity index (χ0) is 11.1. The van der Waals surface area contributed by atoms with Crippen LogP contribution in [0.25, 0.3) is 11.6 Å². The molecule has 1 aromatic carbocycles. The maximum absolute atomic E-state index is 11.7. The molecule has 1 fully saturated rings. The second kappa shape index (κ2) is 3.56. The van der Waals surface area contributed by atoms with Gasteiger partial charge in [-0.3, -0.25) is 4.79 Å². The van der Waals surface area contributed by atoms with Gasteiger partial charge >= 0.3 is 0 Å². The van der Waals surface area contributed by atoms with E-state index in [4.69, 9.17) is 4.74 Å². The van der Waals surface area contributed by atoms with Gasteiger partial charge in [-0.1, -0.05) is 37.3 Å². The molecule has 1 saturated heterocycles. The standard InChI is InChI=1S/C14H14O2/c1-9-12(15)8-16-13-7-6-10-4-2-3-5-11(10)14(9)13/h2-6,9,13H,7-8H2,1H3. The topological polar surface area (TPSA) is 26.3 Å². The Kier molecular flexibility index (Phi) is 2.18. The summed E-state index contributed by atoms with van der Waals surface area (Å²) >= 11 is 0. The fourth-order valence-corrected chi connectivity index (χ4v) is 2.62. The Hall–Kier alpha value is -1.41. The molecule has 0 aromatic heterocycles. The second-order valence-electron chi connectivity index (χ2n) is 4.47. The Balaban J connectivity index is 2.31. The van der Waals surface area contributed by atoms with Crippen molar-refractivity contribution in [1.29, 1.82) is 0 Å². The molecular weight excluding hydrogens is 200 g/mol. The number of ether oxygens (including phenoxy) is 1. The van der Waals surface area contributed by atoms with E-state index in [1.165, 1.54) is 16.0 Å². The van der Waals surface area contributed by atoms with Crippen LogP contribution in [0.15, 0.2) is 24.3 Å². The zero-order valence-electron chi connectivity index (χ0n) is 9.27. The molecule has 0 amide bonds. The lowest BCUT2D eigenvalue weighted by molar-refractivity contribution is -0.129. The molecule has 2 heteroatoms. The first-order valence-corrected chi connectivity index (χ1v) is 5.71. The lowest BCUT2D eigenvalue weighted by Gasteiger charge is -2.31. The van der Waals surface area contributed by atoms with E-state index >= 15 is 0 Å². The summed E-state index contributed by atoms with van der Waals surface area (Å²) in [5, 5.41) is 2.43. The molecule has 1 heterocycles. The molecule has 2 nitrogen and oxygen atoms in total. The molecule has 2 unspecified atom stereocenters. The quantitative estimate of drug-likeness (QED) is 0.633. The van der Waals surface area contributed by atoms with Gasteiger partial charge in [-0.15, -0.1) is 0 Å². The molecule has 82 valence electrons. The summed E-state index contributed by atoms with van der Waals surface area (Å²) in [7, 11) is 0. The summed E-state index contributed by atoms with van der Waals surface area (Å²) in [5.41, 5.74) is 1.18. The van der Waals surface area contributed by atoms with Crippen LogP contribution >= 0.6 is 0 Å². The van der Waals surface area contributed by atoms with Crippen LogP contribution in [0.4, 0.5) is 0 Å². The summed E-state index contributed by atoms with van der Waals surface area (Å²) in [6.07, 6.45) is 3.21. The first-order chi connectivity index (χ1) is 7.77. The van der Waals surface area contributed by atoms with Crippen molar-refractivity contribution in [3.8, 4) is 0 Å². The fourth-order valence-electron chi connectivity index (χ4n) is 2.62. The molecule has 2 aliphatic rings. The molecule has 0 bridgehead atoms. The van der Waals surface area contributed by atoms with Crippen molar-refractivity contribution < 1.29 is 9.53 Å². The maximum atomic E-state index is 11.7. The van der Waals surface area contributed by atoms with Crippen LogP contribution in [-0.4, -0.2) is 18.5 Å². The van der Waals surface area contributed by atoms with E-state index in [1.54, 1.807) is 0 Å². The Morgan fingerprint density at radius 2 is 2.12 bits per heavy atom. The van der Waals surface area contributed by atoms with Gasteiger partial charge in [0, 0.05) is 5.92 Å². The molecule has 1 aliphatic heterocycles. The molecule has 1 aromatic rings. The van der Waals surface area contributed by atoms with E-state index in [-0.39, 0.29) is 24.4 Å². The van der Waals surface area contributed by atoms with Gasteiger partial charge in [-0.25, -0.2) is 0 Å². The number of carbonyl (C=O) groups excluding carboxylic acids is 1. The normalized spacial score (nSPS) is 28.1. The van der Waals surface area contributed by atoms with E-state index in [0.29, 0.717) is 0 Å². The molecule has 0 radical (unpaired) electrons. The van der Waals surface area contributed by atoms with E-state index < -0.39 is 0 Å². The highest BCUT2D eigenvalue weighted by Gasteiger charge is 2.32. The smallest absolute Gasteiger partial charge is 0.165 e. The third-order valence-electron chi connectivity index (χ3n) is 3.55. The first-order valence-electron chi connectivity index (χ1n) is 5.71. The number of fused-ring (bicyclic) bond motifs is 2. The average molecular weight is 214 g/mol. The van der Waals surface area contributed by atoms with Crippen molar-refractivity contribution in [3.05, 3.63) is 34.7 Å². The van der Waals surface area contributed by atoms with Crippen LogP contribution in [0.5, 0.6) is 0 Å². The van der Waals surface area contributed by atoms with Crippen LogP contribution in [0.2, 0.25) is 0 Å². The lowest BCUT2D eigenvalue weighted by atomic mass is 9.84. The summed E-state index contributed by atoms with van der Waals surface area (Å²) in [6.45, 7) is 2.26. The van der Waals surface area contributed by atoms with Gasteiger partial charge in [0.25, 0.3) is 0 Å². The summed E-state index contributed by atoms with van der Waals surface area (Å²) in [4.78, 5) is 11.7. The fraction of sp³-hybridized carbons (Fsp3) is 0.357. The zero-order valence-corrected chi connectivity index (χ0v) is 9.27. The predicted molar refractivity (Wildman–Crippen MR) is 62.1 cm³/mol. The highest BCUT2D eigenvalue weighted by molar-refractivity contribution is 5.92. The van der Waals surface area contributed by atoms with Gasteiger partial charge in [0.1, 0.15) is 6.61 Å². The molecule has 3 rings (SSSR count). The molecule has 0 saturated carbocycles. The third kappa shape index (κ3) is 1.34. The van der Waals surface area contributed by atoms with E-state index in [9.17, 15) is 4.79 Å². The number of hydrogen-bond donors (Lipinski definition) is 0. The molecule has 0 N–H and O–H groups in total. The molecule has 16 heavy (non-hydrogen) atoms. The van der Waals surface area contributed by atoms with E-state index in [1.807, 2.05) is 19.1 Å². The minimum Gasteiger partial charge on any atom is -0.366 e. The van der Waals surface area contributed by atoms with Crippen molar-refractivity contribution in [3.63, 3.8) is 0 Å². The van der Waals surface area contributed by atoms with E-state index in [2.05, 4.69) is 18.2 Å².